The van der Waals surface area contributed by atoms with Crippen LogP contribution in [0, 0.1) is 0 Å². The number of hydrogen-bond donors (Lipinski definition) is 1. The summed E-state index contributed by atoms with van der Waals surface area (Å²) in [7, 11) is -0.852. The predicted molar refractivity (Wildman–Crippen MR) is 101 cm³/mol. The molecule has 1 amide bonds. The molecule has 0 fully saturated rings. The lowest BCUT2D eigenvalue weighted by molar-refractivity contribution is 0.102. The number of carbonyl (C=O) groups excluding carboxylic acids is 1. The highest BCUT2D eigenvalue weighted by Crippen LogP contribution is 2.27. The van der Waals surface area contributed by atoms with Gasteiger partial charge in [-0.2, -0.15) is 0 Å². The van der Waals surface area contributed by atoms with Crippen LogP contribution < -0.4 is 5.32 Å². The van der Waals surface area contributed by atoms with E-state index in [1.54, 1.807) is 6.08 Å². The third-order valence-electron chi connectivity index (χ3n) is 2.91. The number of hydrogen-bond acceptors (Lipinski definition) is 7. The number of aromatic nitrogens is 2. The molecule has 25 heavy (non-hydrogen) atoms. The number of benzene rings is 1. The summed E-state index contributed by atoms with van der Waals surface area (Å²) in [5, 5.41) is 10.8. The molecule has 0 aliphatic carbocycles. The van der Waals surface area contributed by atoms with Crippen molar-refractivity contribution < 1.29 is 13.2 Å². The van der Waals surface area contributed by atoms with E-state index in [-0.39, 0.29) is 15.5 Å². The summed E-state index contributed by atoms with van der Waals surface area (Å²) in [6.07, 6.45) is 1.74. The first-order valence-electron chi connectivity index (χ1n) is 6.86. The first-order chi connectivity index (χ1) is 11.8. The molecule has 11 heteroatoms. The van der Waals surface area contributed by atoms with Crippen LogP contribution in [0.4, 0.5) is 5.13 Å². The highest BCUT2D eigenvalue weighted by molar-refractivity contribution is 8.01. The van der Waals surface area contributed by atoms with Gasteiger partial charge in [0.05, 0.1) is 15.5 Å². The summed E-state index contributed by atoms with van der Waals surface area (Å²) in [6, 6.07) is 3.96. The maximum absolute atomic E-state index is 12.4. The SMILES string of the molecule is C=CCSc1nnc(NC(=O)c2cc(S(=O)(=O)N(C)C)ccc2Cl)s1. The molecule has 2 rings (SSSR count). The van der Waals surface area contributed by atoms with Crippen LogP contribution in [0.2, 0.25) is 5.02 Å². The van der Waals surface area contributed by atoms with Crippen molar-refractivity contribution in [3.05, 3.63) is 41.4 Å². The Morgan fingerprint density at radius 3 is 2.80 bits per heavy atom. The average molecular weight is 419 g/mol. The van der Waals surface area contributed by atoms with Crippen LogP contribution in [0.25, 0.3) is 0 Å². The van der Waals surface area contributed by atoms with Gasteiger partial charge in [-0.3, -0.25) is 10.1 Å². The van der Waals surface area contributed by atoms with E-state index < -0.39 is 15.9 Å². The number of amides is 1. The predicted octanol–water partition coefficient (Wildman–Crippen LogP) is 2.97. The fourth-order valence-electron chi connectivity index (χ4n) is 1.66. The fraction of sp³-hybridized carbons (Fsp3) is 0.214. The number of carbonyl (C=O) groups is 1. The van der Waals surface area contributed by atoms with Gasteiger partial charge in [0.2, 0.25) is 15.2 Å². The van der Waals surface area contributed by atoms with Gasteiger partial charge in [-0.05, 0) is 18.2 Å². The molecule has 1 N–H and O–H groups in total. The maximum atomic E-state index is 12.4. The van der Waals surface area contributed by atoms with Crippen molar-refractivity contribution >= 4 is 55.8 Å². The van der Waals surface area contributed by atoms with Gasteiger partial charge in [0, 0.05) is 19.8 Å². The molecule has 7 nitrogen and oxygen atoms in total. The molecule has 0 aliphatic heterocycles. The van der Waals surface area contributed by atoms with Gasteiger partial charge >= 0.3 is 0 Å². The Morgan fingerprint density at radius 2 is 2.16 bits per heavy atom. The highest BCUT2D eigenvalue weighted by atomic mass is 35.5. The Morgan fingerprint density at radius 1 is 1.44 bits per heavy atom. The van der Waals surface area contributed by atoms with Crippen LogP contribution in [0.1, 0.15) is 10.4 Å². The monoisotopic (exact) mass is 418 g/mol. The number of nitrogens with one attached hydrogen (secondary N) is 1. The van der Waals surface area contributed by atoms with E-state index in [0.29, 0.717) is 15.2 Å². The molecule has 0 spiro atoms. The first-order valence-corrected chi connectivity index (χ1v) is 10.5. The zero-order valence-electron chi connectivity index (χ0n) is 13.4. The van der Waals surface area contributed by atoms with Crippen molar-refractivity contribution in [1.82, 2.24) is 14.5 Å². The van der Waals surface area contributed by atoms with Gasteiger partial charge in [0.1, 0.15) is 0 Å². The van der Waals surface area contributed by atoms with E-state index in [1.165, 1.54) is 55.4 Å². The highest BCUT2D eigenvalue weighted by Gasteiger charge is 2.21. The topological polar surface area (TPSA) is 92.3 Å². The van der Waals surface area contributed by atoms with Crippen LogP contribution in [0.3, 0.4) is 0 Å². The first kappa shape index (κ1) is 19.9. The molecule has 0 radical (unpaired) electrons. The van der Waals surface area contributed by atoms with Crippen LogP contribution in [0.15, 0.2) is 40.1 Å². The summed E-state index contributed by atoms with van der Waals surface area (Å²) in [4.78, 5) is 12.4. The summed E-state index contributed by atoms with van der Waals surface area (Å²) in [5.74, 6) is 0.121. The smallest absolute Gasteiger partial charge is 0.259 e. The molecule has 0 saturated carbocycles. The minimum absolute atomic E-state index is 0.0217. The van der Waals surface area contributed by atoms with E-state index in [1.807, 2.05) is 0 Å². The summed E-state index contributed by atoms with van der Waals surface area (Å²) < 4.78 is 26.1. The van der Waals surface area contributed by atoms with Crippen LogP contribution >= 0.6 is 34.7 Å². The second-order valence-electron chi connectivity index (χ2n) is 4.86. The average Bonchev–Trinajstić information content (AvgIpc) is 3.00. The largest absolute Gasteiger partial charge is 0.296 e. The zero-order valence-corrected chi connectivity index (χ0v) is 16.6. The Kier molecular flexibility index (Phi) is 6.58. The molecule has 0 atom stereocenters. The van der Waals surface area contributed by atoms with Gasteiger partial charge in [0.25, 0.3) is 5.91 Å². The third kappa shape index (κ3) is 4.79. The molecule has 0 bridgehead atoms. The number of rotatable bonds is 7. The molecule has 2 aromatic rings. The number of halogens is 1. The van der Waals surface area contributed by atoms with Crippen molar-refractivity contribution in [2.45, 2.75) is 9.24 Å². The van der Waals surface area contributed by atoms with E-state index in [4.69, 9.17) is 11.6 Å². The number of anilines is 1. The lowest BCUT2D eigenvalue weighted by Gasteiger charge is -2.12. The Hall–Kier alpha value is -1.46. The van der Waals surface area contributed by atoms with Gasteiger partial charge in [-0.25, -0.2) is 12.7 Å². The van der Waals surface area contributed by atoms with Gasteiger partial charge in [0.15, 0.2) is 4.34 Å². The summed E-state index contributed by atoms with van der Waals surface area (Å²) >= 11 is 8.69. The Bertz CT molecular complexity index is 896. The van der Waals surface area contributed by atoms with Gasteiger partial charge in [-0.15, -0.1) is 16.8 Å². The van der Waals surface area contributed by atoms with Crippen molar-refractivity contribution in [3.63, 3.8) is 0 Å². The molecule has 0 aliphatic rings. The summed E-state index contributed by atoms with van der Waals surface area (Å²) in [6.45, 7) is 3.62. The normalized spacial score (nSPS) is 11.5. The molecule has 134 valence electrons. The van der Waals surface area contributed by atoms with E-state index in [2.05, 4.69) is 22.1 Å². The maximum Gasteiger partial charge on any atom is 0.259 e. The van der Waals surface area contributed by atoms with Crippen LogP contribution in [-0.2, 0) is 10.0 Å². The molecule has 1 aromatic carbocycles. The standard InChI is InChI=1S/C14H15ClN4O3S3/c1-4-7-23-14-18-17-13(24-14)16-12(20)10-8-9(5-6-11(10)15)25(21,22)19(2)3/h4-6,8H,1,7H2,2-3H3,(H,16,17,20). The number of sulfonamides is 1. The van der Waals surface area contributed by atoms with Crippen molar-refractivity contribution in [1.29, 1.82) is 0 Å². The van der Waals surface area contributed by atoms with E-state index in [9.17, 15) is 13.2 Å². The zero-order chi connectivity index (χ0) is 18.6. The quantitative estimate of drug-likeness (QED) is 0.422. The minimum atomic E-state index is -3.67. The van der Waals surface area contributed by atoms with E-state index >= 15 is 0 Å². The van der Waals surface area contributed by atoms with Gasteiger partial charge < -0.3 is 0 Å². The van der Waals surface area contributed by atoms with Gasteiger partial charge in [-0.1, -0.05) is 40.8 Å². The molecule has 0 unspecified atom stereocenters. The molecule has 1 heterocycles. The lowest BCUT2D eigenvalue weighted by atomic mass is 10.2. The Labute approximate surface area is 159 Å². The molecular weight excluding hydrogens is 404 g/mol. The molecule has 1 aromatic heterocycles. The summed E-state index contributed by atoms with van der Waals surface area (Å²) in [5.41, 5.74) is 0.0417. The third-order valence-corrected chi connectivity index (χ3v) is 7.02. The fourth-order valence-corrected chi connectivity index (χ4v) is 4.30. The van der Waals surface area contributed by atoms with E-state index in [0.717, 1.165) is 4.31 Å². The minimum Gasteiger partial charge on any atom is -0.296 e. The number of thioether (sulfide) groups is 1. The lowest BCUT2D eigenvalue weighted by Crippen LogP contribution is -2.23. The molecule has 0 saturated heterocycles. The Balaban J connectivity index is 2.24. The van der Waals surface area contributed by atoms with Crippen LogP contribution in [0.5, 0.6) is 0 Å². The molecular formula is C14H15ClN4O3S3. The van der Waals surface area contributed by atoms with Crippen LogP contribution in [-0.4, -0.2) is 48.7 Å². The number of nitrogens with zero attached hydrogens (tertiary/aromatic N) is 3. The second kappa shape index (κ2) is 8.28. The van der Waals surface area contributed by atoms with Crippen molar-refractivity contribution in [2.24, 2.45) is 0 Å². The van der Waals surface area contributed by atoms with Crippen molar-refractivity contribution in [2.75, 3.05) is 25.2 Å². The van der Waals surface area contributed by atoms with Crippen molar-refractivity contribution in [3.8, 4) is 0 Å². The second-order valence-corrected chi connectivity index (χ2v) is 9.66.